The Hall–Kier alpha value is -2.52. The smallest absolute Gasteiger partial charge is 0.331 e. The molecule has 0 radical (unpaired) electrons. The number of anilines is 1. The largest absolute Gasteiger partial charge is 0.452 e. The lowest BCUT2D eigenvalue weighted by atomic mass is 10.2. The highest BCUT2D eigenvalue weighted by Gasteiger charge is 2.10. The first-order chi connectivity index (χ1) is 11.6. The molecule has 122 valence electrons. The van der Waals surface area contributed by atoms with Crippen molar-refractivity contribution in [3.05, 3.63) is 46.8 Å². The molecule has 2 heterocycles. The maximum absolute atomic E-state index is 11.9. The Morgan fingerprint density at radius 3 is 2.96 bits per heavy atom. The Kier molecular flexibility index (Phi) is 5.02. The zero-order valence-electron chi connectivity index (χ0n) is 12.1. The number of nitrogens with one attached hydrogen (secondary N) is 1. The van der Waals surface area contributed by atoms with Gasteiger partial charge >= 0.3 is 5.97 Å². The van der Waals surface area contributed by atoms with E-state index >= 15 is 0 Å². The topological polar surface area (TPSA) is 94.3 Å². The number of furan rings is 1. The zero-order valence-corrected chi connectivity index (χ0v) is 14.5. The van der Waals surface area contributed by atoms with Crippen LogP contribution >= 0.6 is 27.7 Å². The molecular formula is C15H10BrN3O4S. The van der Waals surface area contributed by atoms with Crippen LogP contribution in [0.1, 0.15) is 5.76 Å². The van der Waals surface area contributed by atoms with Crippen molar-refractivity contribution in [3.63, 3.8) is 0 Å². The van der Waals surface area contributed by atoms with Crippen LogP contribution in [0.3, 0.4) is 0 Å². The molecule has 24 heavy (non-hydrogen) atoms. The number of carbonyl (C=O) groups excluding carboxylic acids is 2. The molecule has 2 aromatic heterocycles. The van der Waals surface area contributed by atoms with Crippen molar-refractivity contribution in [1.29, 1.82) is 0 Å². The molecule has 9 heteroatoms. The number of amides is 1. The van der Waals surface area contributed by atoms with Gasteiger partial charge in [0.05, 0.1) is 17.4 Å². The van der Waals surface area contributed by atoms with E-state index in [-0.39, 0.29) is 0 Å². The number of benzene rings is 1. The highest BCUT2D eigenvalue weighted by Crippen LogP contribution is 2.21. The van der Waals surface area contributed by atoms with Gasteiger partial charge in [-0.15, -0.1) is 0 Å². The van der Waals surface area contributed by atoms with E-state index < -0.39 is 18.5 Å². The summed E-state index contributed by atoms with van der Waals surface area (Å²) in [4.78, 5) is 23.5. The second kappa shape index (κ2) is 7.37. The quantitative estimate of drug-likeness (QED) is 0.515. The Labute approximate surface area is 148 Å². The van der Waals surface area contributed by atoms with E-state index in [2.05, 4.69) is 30.0 Å². The molecule has 0 saturated heterocycles. The van der Waals surface area contributed by atoms with Crippen molar-refractivity contribution >= 4 is 62.3 Å². The van der Waals surface area contributed by atoms with Crippen molar-refractivity contribution in [2.24, 2.45) is 0 Å². The van der Waals surface area contributed by atoms with Crippen LogP contribution in [0.5, 0.6) is 0 Å². The van der Waals surface area contributed by atoms with Crippen LogP contribution in [0.4, 0.5) is 5.69 Å². The Morgan fingerprint density at radius 1 is 1.29 bits per heavy atom. The van der Waals surface area contributed by atoms with Crippen LogP contribution in [-0.4, -0.2) is 27.2 Å². The van der Waals surface area contributed by atoms with Crippen molar-refractivity contribution < 1.29 is 18.7 Å². The minimum absolute atomic E-state index is 0.404. The lowest BCUT2D eigenvalue weighted by Gasteiger charge is -2.05. The summed E-state index contributed by atoms with van der Waals surface area (Å²) in [6, 6.07) is 8.65. The first-order valence-corrected chi connectivity index (χ1v) is 8.25. The summed E-state index contributed by atoms with van der Waals surface area (Å²) in [6.07, 6.45) is 2.64. The summed E-state index contributed by atoms with van der Waals surface area (Å²) in [6.45, 7) is -0.404. The monoisotopic (exact) mass is 407 g/mol. The van der Waals surface area contributed by atoms with Gasteiger partial charge in [0.15, 0.2) is 11.3 Å². The zero-order chi connectivity index (χ0) is 16.9. The van der Waals surface area contributed by atoms with Crippen LogP contribution in [0.15, 0.2) is 45.5 Å². The van der Waals surface area contributed by atoms with E-state index in [0.717, 1.165) is 11.7 Å². The molecule has 3 aromatic rings. The number of carbonyl (C=O) groups is 2. The fraction of sp³-hybridized carbons (Fsp3) is 0.0667. The molecule has 0 bridgehead atoms. The maximum atomic E-state index is 11.9. The normalized spacial score (nSPS) is 11.0. The average Bonchev–Trinajstić information content (AvgIpc) is 3.20. The first kappa shape index (κ1) is 16.3. The fourth-order valence-corrected chi connectivity index (χ4v) is 2.71. The van der Waals surface area contributed by atoms with Gasteiger partial charge in [-0.3, -0.25) is 4.79 Å². The maximum Gasteiger partial charge on any atom is 0.331 e. The molecule has 0 spiro atoms. The van der Waals surface area contributed by atoms with E-state index in [9.17, 15) is 9.59 Å². The summed E-state index contributed by atoms with van der Waals surface area (Å²) < 4.78 is 18.8. The minimum Gasteiger partial charge on any atom is -0.452 e. The lowest BCUT2D eigenvalue weighted by molar-refractivity contribution is -0.142. The summed E-state index contributed by atoms with van der Waals surface area (Å²) in [5.41, 5.74) is 1.83. The highest BCUT2D eigenvalue weighted by atomic mass is 79.9. The number of esters is 1. The lowest BCUT2D eigenvalue weighted by Crippen LogP contribution is -2.20. The molecule has 1 amide bonds. The predicted octanol–water partition coefficient (Wildman–Crippen LogP) is 3.24. The summed E-state index contributed by atoms with van der Waals surface area (Å²) in [5, 5.41) is 2.64. The first-order valence-electron chi connectivity index (χ1n) is 6.73. The number of rotatable bonds is 5. The van der Waals surface area contributed by atoms with Gasteiger partial charge < -0.3 is 14.5 Å². The molecule has 0 unspecified atom stereocenters. The van der Waals surface area contributed by atoms with Gasteiger partial charge in [-0.1, -0.05) is 6.07 Å². The van der Waals surface area contributed by atoms with Gasteiger partial charge in [0.1, 0.15) is 16.8 Å². The summed E-state index contributed by atoms with van der Waals surface area (Å²) in [7, 11) is 0. The third-order valence-electron chi connectivity index (χ3n) is 2.88. The molecule has 7 nitrogen and oxygen atoms in total. The van der Waals surface area contributed by atoms with Gasteiger partial charge in [0.25, 0.3) is 5.91 Å². The highest BCUT2D eigenvalue weighted by molar-refractivity contribution is 9.10. The van der Waals surface area contributed by atoms with E-state index in [1.807, 2.05) is 0 Å². The van der Waals surface area contributed by atoms with Crippen LogP contribution in [0, 0.1) is 0 Å². The van der Waals surface area contributed by atoms with Crippen LogP contribution in [-0.2, 0) is 14.3 Å². The predicted molar refractivity (Wildman–Crippen MR) is 92.4 cm³/mol. The second-order valence-electron chi connectivity index (χ2n) is 4.57. The summed E-state index contributed by atoms with van der Waals surface area (Å²) in [5.74, 6) is -0.616. The minimum atomic E-state index is -0.647. The number of aromatic nitrogens is 2. The van der Waals surface area contributed by atoms with Crippen molar-refractivity contribution in [2.75, 3.05) is 11.9 Å². The van der Waals surface area contributed by atoms with E-state index in [1.165, 1.54) is 12.2 Å². The third-order valence-corrected chi connectivity index (χ3v) is 3.85. The molecule has 0 aliphatic rings. The standard InChI is InChI=1S/C15H10BrN3O4S/c16-12-6-4-9(23-12)5-7-14(21)22-8-13(20)17-10-2-1-3-11-15(10)19-24-18-11/h1-7H,8H2,(H,17,20)/b7-5+. The van der Waals surface area contributed by atoms with Crippen LogP contribution < -0.4 is 5.32 Å². The fourth-order valence-electron chi connectivity index (χ4n) is 1.85. The van der Waals surface area contributed by atoms with Gasteiger partial charge in [0, 0.05) is 6.08 Å². The number of hydrogen-bond donors (Lipinski definition) is 1. The number of fused-ring (bicyclic) bond motifs is 1. The van der Waals surface area contributed by atoms with Gasteiger partial charge in [-0.05, 0) is 46.3 Å². The Bertz CT molecular complexity index is 918. The molecule has 1 aromatic carbocycles. The molecule has 3 rings (SSSR count). The van der Waals surface area contributed by atoms with Crippen LogP contribution in [0.25, 0.3) is 17.1 Å². The number of halogens is 1. The Morgan fingerprint density at radius 2 is 2.17 bits per heavy atom. The van der Waals surface area contributed by atoms with Crippen molar-refractivity contribution in [3.8, 4) is 0 Å². The second-order valence-corrected chi connectivity index (χ2v) is 5.88. The van der Waals surface area contributed by atoms with Gasteiger partial charge in [-0.25, -0.2) is 4.79 Å². The van der Waals surface area contributed by atoms with Crippen molar-refractivity contribution in [2.45, 2.75) is 0 Å². The molecule has 0 atom stereocenters. The third kappa shape index (κ3) is 4.06. The van der Waals surface area contributed by atoms with Crippen LogP contribution in [0.2, 0.25) is 0 Å². The molecule has 0 fully saturated rings. The molecule has 0 aliphatic heterocycles. The Balaban J connectivity index is 1.53. The average molecular weight is 408 g/mol. The molecule has 1 N–H and O–H groups in total. The van der Waals surface area contributed by atoms with Crippen molar-refractivity contribution in [1.82, 2.24) is 8.75 Å². The molecular weight excluding hydrogens is 398 g/mol. The van der Waals surface area contributed by atoms with Gasteiger partial charge in [0.2, 0.25) is 0 Å². The van der Waals surface area contributed by atoms with E-state index in [0.29, 0.717) is 27.2 Å². The summed E-state index contributed by atoms with van der Waals surface area (Å²) >= 11 is 4.22. The number of ether oxygens (including phenoxy) is 1. The van der Waals surface area contributed by atoms with E-state index in [4.69, 9.17) is 9.15 Å². The molecule has 0 aliphatic carbocycles. The van der Waals surface area contributed by atoms with E-state index in [1.54, 1.807) is 30.3 Å². The number of hydrogen-bond acceptors (Lipinski definition) is 7. The molecule has 0 saturated carbocycles. The van der Waals surface area contributed by atoms with Gasteiger partial charge in [-0.2, -0.15) is 8.75 Å². The SMILES string of the molecule is O=C(COC(=O)/C=C/c1ccc(Br)o1)Nc1cccc2nsnc12. The number of nitrogens with zero attached hydrogens (tertiary/aromatic N) is 2.